The molecule has 1 aromatic rings. The van der Waals surface area contributed by atoms with E-state index in [2.05, 4.69) is 12.0 Å². The summed E-state index contributed by atoms with van der Waals surface area (Å²) in [5.41, 5.74) is 6.36. The largest absolute Gasteiger partial charge is 0.381 e. The Morgan fingerprint density at radius 2 is 2.00 bits per heavy atom. The van der Waals surface area contributed by atoms with Crippen molar-refractivity contribution >= 4 is 15.8 Å². The summed E-state index contributed by atoms with van der Waals surface area (Å²) in [5, 5.41) is 4.00. The molecule has 0 radical (unpaired) electrons. The lowest BCUT2D eigenvalue weighted by molar-refractivity contribution is 0.202. The van der Waals surface area contributed by atoms with Gasteiger partial charge in [-0.15, -0.1) is 0 Å². The van der Waals surface area contributed by atoms with Gasteiger partial charge in [0.2, 0.25) is 10.0 Å². The molecule has 1 aromatic heterocycles. The molecule has 0 spiro atoms. The van der Waals surface area contributed by atoms with Gasteiger partial charge in [-0.25, -0.2) is 8.42 Å². The third kappa shape index (κ3) is 2.25. The predicted octanol–water partition coefficient (Wildman–Crippen LogP) is 1.12. The normalized spacial score (nSPS) is 25.7. The van der Waals surface area contributed by atoms with Gasteiger partial charge >= 0.3 is 0 Å². The third-order valence-electron chi connectivity index (χ3n) is 4.19. The van der Waals surface area contributed by atoms with Gasteiger partial charge in [-0.2, -0.15) is 9.40 Å². The molecule has 0 saturated carbocycles. The maximum absolute atomic E-state index is 12.8. The second-order valence-electron chi connectivity index (χ2n) is 5.40. The Hall–Kier alpha value is -1.08. The van der Waals surface area contributed by atoms with E-state index in [1.54, 1.807) is 18.3 Å². The monoisotopic (exact) mass is 286 g/mol. The van der Waals surface area contributed by atoms with E-state index < -0.39 is 10.0 Å². The fourth-order valence-electron chi connectivity index (χ4n) is 2.69. The first-order valence-electron chi connectivity index (χ1n) is 6.57. The summed E-state index contributed by atoms with van der Waals surface area (Å²) in [4.78, 5) is 0.163. The maximum Gasteiger partial charge on any atom is 0.248 e. The Labute approximate surface area is 114 Å². The van der Waals surface area contributed by atoms with Crippen LogP contribution in [0.15, 0.2) is 4.90 Å². The molecule has 2 atom stereocenters. The van der Waals surface area contributed by atoms with Gasteiger partial charge in [0.1, 0.15) is 4.90 Å². The minimum atomic E-state index is -3.56. The molecule has 6 nitrogen and oxygen atoms in total. The Balaban J connectivity index is 2.48. The average Bonchev–Trinajstić information content (AvgIpc) is 2.57. The van der Waals surface area contributed by atoms with E-state index in [1.165, 1.54) is 4.68 Å². The van der Waals surface area contributed by atoms with Crippen molar-refractivity contribution in [3.8, 4) is 0 Å². The Morgan fingerprint density at radius 3 is 2.53 bits per heavy atom. The zero-order chi connectivity index (χ0) is 14.4. The van der Waals surface area contributed by atoms with E-state index >= 15 is 0 Å². The molecule has 0 bridgehead atoms. The molecule has 2 unspecified atom stereocenters. The number of aryl methyl sites for hydroxylation is 1. The smallest absolute Gasteiger partial charge is 0.248 e. The first-order valence-corrected chi connectivity index (χ1v) is 8.01. The van der Waals surface area contributed by atoms with Gasteiger partial charge in [-0.3, -0.25) is 4.68 Å². The minimum absolute atomic E-state index is 0.00208. The lowest BCUT2D eigenvalue weighted by atomic mass is 9.94. The molecular weight excluding hydrogens is 264 g/mol. The molecule has 2 N–H and O–H groups in total. The van der Waals surface area contributed by atoms with Crippen molar-refractivity contribution < 1.29 is 8.42 Å². The SMILES string of the molecule is Cc1c(S(=O)(=O)N2CCCC(C)C2C)c(N)nn1C. The number of hydrogen-bond acceptors (Lipinski definition) is 4. The van der Waals surface area contributed by atoms with Crippen molar-refractivity contribution in [1.29, 1.82) is 0 Å². The molecule has 1 aliphatic rings. The zero-order valence-electron chi connectivity index (χ0n) is 11.9. The summed E-state index contributed by atoms with van der Waals surface area (Å²) < 4.78 is 28.7. The summed E-state index contributed by atoms with van der Waals surface area (Å²) in [6.45, 7) is 6.34. The van der Waals surface area contributed by atoms with Crippen LogP contribution in [0.2, 0.25) is 0 Å². The van der Waals surface area contributed by atoms with Crippen molar-refractivity contribution in [3.05, 3.63) is 5.69 Å². The molecule has 108 valence electrons. The molecule has 0 amide bonds. The van der Waals surface area contributed by atoms with Crippen molar-refractivity contribution in [2.75, 3.05) is 12.3 Å². The molecule has 1 fully saturated rings. The summed E-state index contributed by atoms with van der Waals surface area (Å²) in [6.07, 6.45) is 1.96. The van der Waals surface area contributed by atoms with E-state index in [0.717, 1.165) is 12.8 Å². The number of anilines is 1. The van der Waals surface area contributed by atoms with Crippen molar-refractivity contribution in [2.45, 2.75) is 44.6 Å². The lowest BCUT2D eigenvalue weighted by Gasteiger charge is -2.36. The van der Waals surface area contributed by atoms with Crippen LogP contribution in [-0.2, 0) is 17.1 Å². The molecule has 7 heteroatoms. The van der Waals surface area contributed by atoms with Crippen LogP contribution in [0.3, 0.4) is 0 Å². The summed E-state index contributed by atoms with van der Waals surface area (Å²) in [6, 6.07) is -0.00208. The second-order valence-corrected chi connectivity index (χ2v) is 7.23. The Kier molecular flexibility index (Phi) is 3.61. The van der Waals surface area contributed by atoms with Gasteiger partial charge in [-0.05, 0) is 32.6 Å². The third-order valence-corrected chi connectivity index (χ3v) is 6.34. The molecule has 1 aliphatic heterocycles. The quantitative estimate of drug-likeness (QED) is 0.883. The number of nitrogen functional groups attached to an aromatic ring is 1. The van der Waals surface area contributed by atoms with Crippen LogP contribution in [0.25, 0.3) is 0 Å². The lowest BCUT2D eigenvalue weighted by Crippen LogP contribution is -2.46. The van der Waals surface area contributed by atoms with Gasteiger partial charge in [0.05, 0.1) is 5.69 Å². The van der Waals surface area contributed by atoms with Crippen molar-refractivity contribution in [1.82, 2.24) is 14.1 Å². The van der Waals surface area contributed by atoms with Crippen LogP contribution < -0.4 is 5.73 Å². The van der Waals surface area contributed by atoms with Gasteiger partial charge < -0.3 is 5.73 Å². The fourth-order valence-corrected chi connectivity index (χ4v) is 4.75. The van der Waals surface area contributed by atoms with E-state index in [9.17, 15) is 8.42 Å². The van der Waals surface area contributed by atoms with Gasteiger partial charge in [-0.1, -0.05) is 6.92 Å². The number of hydrogen-bond donors (Lipinski definition) is 1. The number of sulfonamides is 1. The number of nitrogens with zero attached hydrogens (tertiary/aromatic N) is 3. The van der Waals surface area contributed by atoms with Gasteiger partial charge in [0.25, 0.3) is 0 Å². The van der Waals surface area contributed by atoms with Crippen LogP contribution in [0, 0.1) is 12.8 Å². The molecule has 0 aromatic carbocycles. The first-order chi connectivity index (χ1) is 8.76. The Morgan fingerprint density at radius 1 is 1.37 bits per heavy atom. The highest BCUT2D eigenvalue weighted by Gasteiger charge is 2.37. The molecule has 0 aliphatic carbocycles. The number of rotatable bonds is 2. The number of piperidine rings is 1. The molecule has 2 heterocycles. The molecule has 2 rings (SSSR count). The van der Waals surface area contributed by atoms with E-state index in [4.69, 9.17) is 5.73 Å². The molecular formula is C12H22N4O2S. The summed E-state index contributed by atoms with van der Waals surface area (Å²) in [7, 11) is -1.86. The van der Waals surface area contributed by atoms with E-state index in [-0.39, 0.29) is 16.8 Å². The van der Waals surface area contributed by atoms with Crippen molar-refractivity contribution in [2.24, 2.45) is 13.0 Å². The van der Waals surface area contributed by atoms with Gasteiger partial charge in [0.15, 0.2) is 5.82 Å². The standard InChI is InChI=1S/C12H22N4O2S/c1-8-6-5-7-16(9(8)2)19(17,18)11-10(3)15(4)14-12(11)13/h8-9H,5-7H2,1-4H3,(H2,13,14). The second kappa shape index (κ2) is 4.79. The van der Waals surface area contributed by atoms with Crippen LogP contribution in [-0.4, -0.2) is 35.1 Å². The predicted molar refractivity (Wildman–Crippen MR) is 74.1 cm³/mol. The van der Waals surface area contributed by atoms with Crippen LogP contribution in [0.1, 0.15) is 32.4 Å². The first kappa shape index (κ1) is 14.3. The van der Waals surface area contributed by atoms with Crippen LogP contribution in [0.4, 0.5) is 5.82 Å². The number of nitrogens with two attached hydrogens (primary N) is 1. The maximum atomic E-state index is 12.8. The summed E-state index contributed by atoms with van der Waals surface area (Å²) >= 11 is 0. The topological polar surface area (TPSA) is 81.2 Å². The van der Waals surface area contributed by atoms with Crippen LogP contribution in [0.5, 0.6) is 0 Å². The van der Waals surface area contributed by atoms with Crippen molar-refractivity contribution in [3.63, 3.8) is 0 Å². The highest BCUT2D eigenvalue weighted by molar-refractivity contribution is 7.89. The van der Waals surface area contributed by atoms with Crippen LogP contribution >= 0.6 is 0 Å². The molecule has 1 saturated heterocycles. The highest BCUT2D eigenvalue weighted by atomic mass is 32.2. The zero-order valence-corrected chi connectivity index (χ0v) is 12.7. The highest BCUT2D eigenvalue weighted by Crippen LogP contribution is 2.32. The Bertz CT molecular complexity index is 579. The fraction of sp³-hybridized carbons (Fsp3) is 0.750. The van der Waals surface area contributed by atoms with E-state index in [0.29, 0.717) is 18.2 Å². The molecule has 19 heavy (non-hydrogen) atoms. The summed E-state index contributed by atoms with van der Waals surface area (Å²) in [5.74, 6) is 0.451. The average molecular weight is 286 g/mol. The van der Waals surface area contributed by atoms with Gasteiger partial charge in [0, 0.05) is 19.6 Å². The minimum Gasteiger partial charge on any atom is -0.381 e. The van der Waals surface area contributed by atoms with E-state index in [1.807, 2.05) is 6.92 Å². The number of aromatic nitrogens is 2.